The molecular weight excluding hydrogens is 246 g/mol. The number of hydrogen-bond acceptors (Lipinski definition) is 5. The molecule has 0 amide bonds. The SMILES string of the molecule is O=C([O-])c1ccc(-n2nncc2-c2ccco2)cc1. The normalized spacial score (nSPS) is 10.5. The van der Waals surface area contributed by atoms with E-state index < -0.39 is 5.97 Å². The lowest BCUT2D eigenvalue weighted by molar-refractivity contribution is -0.255. The number of nitrogens with zero attached hydrogens (tertiary/aromatic N) is 3. The maximum Gasteiger partial charge on any atom is 0.154 e. The first-order chi connectivity index (χ1) is 9.25. The number of benzene rings is 1. The van der Waals surface area contributed by atoms with Crippen LogP contribution in [0.4, 0.5) is 0 Å². The fraction of sp³-hybridized carbons (Fsp3) is 0. The highest BCUT2D eigenvalue weighted by Gasteiger charge is 2.10. The Kier molecular flexibility index (Phi) is 2.60. The van der Waals surface area contributed by atoms with E-state index in [1.807, 2.05) is 0 Å². The van der Waals surface area contributed by atoms with Crippen LogP contribution in [0.3, 0.4) is 0 Å². The number of carbonyl (C=O) groups is 1. The highest BCUT2D eigenvalue weighted by molar-refractivity contribution is 5.85. The van der Waals surface area contributed by atoms with Gasteiger partial charge < -0.3 is 14.3 Å². The lowest BCUT2D eigenvalue weighted by Crippen LogP contribution is -2.22. The maximum absolute atomic E-state index is 10.7. The Hall–Kier alpha value is -2.89. The summed E-state index contributed by atoms with van der Waals surface area (Å²) in [4.78, 5) is 10.7. The van der Waals surface area contributed by atoms with Crippen molar-refractivity contribution < 1.29 is 14.3 Å². The molecule has 1 aromatic carbocycles. The van der Waals surface area contributed by atoms with Crippen molar-refractivity contribution in [3.8, 4) is 17.1 Å². The molecule has 0 aliphatic carbocycles. The summed E-state index contributed by atoms with van der Waals surface area (Å²) in [6, 6.07) is 9.74. The summed E-state index contributed by atoms with van der Waals surface area (Å²) in [7, 11) is 0. The Morgan fingerprint density at radius 2 is 2.00 bits per heavy atom. The quantitative estimate of drug-likeness (QED) is 0.693. The first-order valence-electron chi connectivity index (χ1n) is 5.52. The summed E-state index contributed by atoms with van der Waals surface area (Å²) >= 11 is 0. The summed E-state index contributed by atoms with van der Waals surface area (Å²) < 4.78 is 6.86. The minimum Gasteiger partial charge on any atom is -0.545 e. The summed E-state index contributed by atoms with van der Waals surface area (Å²) in [5.41, 5.74) is 1.49. The van der Waals surface area contributed by atoms with E-state index in [1.165, 1.54) is 12.1 Å². The predicted molar refractivity (Wildman–Crippen MR) is 63.4 cm³/mol. The van der Waals surface area contributed by atoms with Crippen molar-refractivity contribution >= 4 is 5.97 Å². The fourth-order valence-corrected chi connectivity index (χ4v) is 1.76. The van der Waals surface area contributed by atoms with E-state index in [-0.39, 0.29) is 5.56 Å². The molecule has 0 saturated heterocycles. The molecule has 2 aromatic heterocycles. The summed E-state index contributed by atoms with van der Waals surface area (Å²) in [5.74, 6) is -0.578. The molecule has 94 valence electrons. The minimum atomic E-state index is -1.21. The Balaban J connectivity index is 2.03. The average molecular weight is 254 g/mol. The molecule has 0 radical (unpaired) electrons. The predicted octanol–water partition coefficient (Wildman–Crippen LogP) is 0.891. The lowest BCUT2D eigenvalue weighted by Gasteiger charge is -2.06. The second-order valence-electron chi connectivity index (χ2n) is 3.84. The lowest BCUT2D eigenvalue weighted by atomic mass is 10.2. The van der Waals surface area contributed by atoms with E-state index in [0.717, 1.165) is 0 Å². The second-order valence-corrected chi connectivity index (χ2v) is 3.84. The number of aromatic carboxylic acids is 1. The number of carboxylic acids is 1. The molecule has 0 atom stereocenters. The zero-order chi connectivity index (χ0) is 13.2. The van der Waals surface area contributed by atoms with Gasteiger partial charge >= 0.3 is 0 Å². The standard InChI is InChI=1S/C13H9N3O3/c17-13(18)9-3-5-10(6-4-9)16-11(8-14-15-16)12-2-1-7-19-12/h1-8H,(H,17,18)/p-1. The highest BCUT2D eigenvalue weighted by Crippen LogP contribution is 2.21. The Morgan fingerprint density at radius 1 is 1.21 bits per heavy atom. The third kappa shape index (κ3) is 1.99. The molecule has 0 fully saturated rings. The monoisotopic (exact) mass is 254 g/mol. The smallest absolute Gasteiger partial charge is 0.154 e. The van der Waals surface area contributed by atoms with Crippen LogP contribution in [-0.4, -0.2) is 21.0 Å². The van der Waals surface area contributed by atoms with Crippen LogP contribution in [0.1, 0.15) is 10.4 Å². The van der Waals surface area contributed by atoms with Gasteiger partial charge in [-0.15, -0.1) is 5.10 Å². The minimum absolute atomic E-state index is 0.114. The third-order valence-electron chi connectivity index (χ3n) is 2.67. The molecule has 0 spiro atoms. The molecule has 19 heavy (non-hydrogen) atoms. The van der Waals surface area contributed by atoms with Gasteiger partial charge in [0.05, 0.1) is 24.1 Å². The van der Waals surface area contributed by atoms with Gasteiger partial charge in [-0.05, 0) is 29.8 Å². The molecule has 3 rings (SSSR count). The van der Waals surface area contributed by atoms with Crippen LogP contribution in [0.25, 0.3) is 17.1 Å². The van der Waals surface area contributed by atoms with Crippen molar-refractivity contribution in [1.82, 2.24) is 15.0 Å². The van der Waals surface area contributed by atoms with Crippen LogP contribution < -0.4 is 5.11 Å². The number of rotatable bonds is 3. The van der Waals surface area contributed by atoms with Crippen molar-refractivity contribution in [2.75, 3.05) is 0 Å². The van der Waals surface area contributed by atoms with Crippen LogP contribution in [0.5, 0.6) is 0 Å². The molecule has 0 bridgehead atoms. The molecule has 3 aromatic rings. The van der Waals surface area contributed by atoms with Crippen molar-refractivity contribution in [1.29, 1.82) is 0 Å². The second kappa shape index (κ2) is 4.41. The Morgan fingerprint density at radius 3 is 2.63 bits per heavy atom. The zero-order valence-corrected chi connectivity index (χ0v) is 9.69. The van der Waals surface area contributed by atoms with Crippen molar-refractivity contribution in [2.45, 2.75) is 0 Å². The van der Waals surface area contributed by atoms with Crippen molar-refractivity contribution in [2.24, 2.45) is 0 Å². The van der Waals surface area contributed by atoms with Gasteiger partial charge in [0.15, 0.2) is 5.76 Å². The molecular formula is C13H8N3O3-. The number of carbonyl (C=O) groups excluding carboxylic acids is 1. The molecule has 6 heteroatoms. The Bertz CT molecular complexity index is 699. The maximum atomic E-state index is 10.7. The molecule has 0 saturated carbocycles. The summed E-state index contributed by atoms with van der Waals surface area (Å²) in [6.07, 6.45) is 3.14. The molecule has 0 N–H and O–H groups in total. The molecule has 0 aliphatic heterocycles. The molecule has 0 unspecified atom stereocenters. The van der Waals surface area contributed by atoms with Gasteiger partial charge in [0.1, 0.15) is 5.69 Å². The van der Waals surface area contributed by atoms with Gasteiger partial charge in [-0.1, -0.05) is 17.3 Å². The van der Waals surface area contributed by atoms with E-state index in [2.05, 4.69) is 10.3 Å². The fourth-order valence-electron chi connectivity index (χ4n) is 1.76. The number of carboxylic acid groups (broad SMARTS) is 1. The van der Waals surface area contributed by atoms with E-state index in [4.69, 9.17) is 4.42 Å². The first-order valence-corrected chi connectivity index (χ1v) is 5.52. The van der Waals surface area contributed by atoms with Crippen LogP contribution in [0, 0.1) is 0 Å². The number of hydrogen-bond donors (Lipinski definition) is 0. The molecule has 2 heterocycles. The van der Waals surface area contributed by atoms with Crippen molar-refractivity contribution in [3.05, 3.63) is 54.4 Å². The van der Waals surface area contributed by atoms with Gasteiger partial charge in [0.2, 0.25) is 0 Å². The van der Waals surface area contributed by atoms with Gasteiger partial charge in [0, 0.05) is 0 Å². The van der Waals surface area contributed by atoms with Gasteiger partial charge in [0.25, 0.3) is 0 Å². The molecule has 0 aliphatic rings. The topological polar surface area (TPSA) is 84.0 Å². The molecule has 6 nitrogen and oxygen atoms in total. The van der Waals surface area contributed by atoms with Gasteiger partial charge in [-0.2, -0.15) is 0 Å². The zero-order valence-electron chi connectivity index (χ0n) is 9.69. The number of aromatic nitrogens is 3. The third-order valence-corrected chi connectivity index (χ3v) is 2.67. The summed E-state index contributed by atoms with van der Waals surface area (Å²) in [5, 5.41) is 18.5. The van der Waals surface area contributed by atoms with Crippen molar-refractivity contribution in [3.63, 3.8) is 0 Å². The van der Waals surface area contributed by atoms with E-state index >= 15 is 0 Å². The largest absolute Gasteiger partial charge is 0.545 e. The first kappa shape index (κ1) is 11.2. The Labute approximate surface area is 107 Å². The van der Waals surface area contributed by atoms with E-state index in [0.29, 0.717) is 17.1 Å². The summed E-state index contributed by atoms with van der Waals surface area (Å²) in [6.45, 7) is 0. The van der Waals surface area contributed by atoms with E-state index in [9.17, 15) is 9.90 Å². The van der Waals surface area contributed by atoms with Crippen LogP contribution in [0.2, 0.25) is 0 Å². The van der Waals surface area contributed by atoms with Gasteiger partial charge in [-0.3, -0.25) is 0 Å². The van der Waals surface area contributed by atoms with Crippen LogP contribution >= 0.6 is 0 Å². The van der Waals surface area contributed by atoms with Gasteiger partial charge in [-0.25, -0.2) is 4.68 Å². The van der Waals surface area contributed by atoms with E-state index in [1.54, 1.807) is 41.4 Å². The van der Waals surface area contributed by atoms with Crippen LogP contribution in [0.15, 0.2) is 53.3 Å². The van der Waals surface area contributed by atoms with Crippen LogP contribution in [-0.2, 0) is 0 Å². The highest BCUT2D eigenvalue weighted by atomic mass is 16.4. The average Bonchev–Trinajstić information content (AvgIpc) is 3.09. The number of furan rings is 1.